The van der Waals surface area contributed by atoms with Crippen molar-refractivity contribution < 1.29 is 9.84 Å². The molecule has 0 atom stereocenters. The Morgan fingerprint density at radius 2 is 1.83 bits per heavy atom. The second-order valence-electron chi connectivity index (χ2n) is 5.77. The van der Waals surface area contributed by atoms with Gasteiger partial charge in [0.05, 0.1) is 24.9 Å². The van der Waals surface area contributed by atoms with Crippen LogP contribution in [0.15, 0.2) is 47.5 Å². The summed E-state index contributed by atoms with van der Waals surface area (Å²) in [7, 11) is 0. The number of phenols is 1. The molecule has 6 heteroatoms. The van der Waals surface area contributed by atoms with Gasteiger partial charge in [-0.05, 0) is 35.4 Å². The van der Waals surface area contributed by atoms with Gasteiger partial charge >= 0.3 is 0 Å². The van der Waals surface area contributed by atoms with E-state index in [1.807, 2.05) is 12.1 Å². The van der Waals surface area contributed by atoms with Crippen LogP contribution in [0.3, 0.4) is 0 Å². The summed E-state index contributed by atoms with van der Waals surface area (Å²) in [4.78, 5) is 20.8. The van der Waals surface area contributed by atoms with E-state index in [2.05, 4.69) is 27.0 Å². The Kier molecular flexibility index (Phi) is 3.66. The number of rotatable bonds is 2. The molecular formula is C18H17N3O3. The average Bonchev–Trinajstić information content (AvgIpc) is 2.63. The summed E-state index contributed by atoms with van der Waals surface area (Å²) in [5.74, 6) is 0.00542. The molecule has 24 heavy (non-hydrogen) atoms. The zero-order valence-corrected chi connectivity index (χ0v) is 13.0. The van der Waals surface area contributed by atoms with Crippen molar-refractivity contribution in [3.8, 4) is 16.9 Å². The highest BCUT2D eigenvalue weighted by Crippen LogP contribution is 2.30. The van der Waals surface area contributed by atoms with Crippen molar-refractivity contribution >= 4 is 16.6 Å². The third kappa shape index (κ3) is 2.61. The lowest BCUT2D eigenvalue weighted by molar-refractivity contribution is 0.122. The Balaban J connectivity index is 1.72. The minimum atomic E-state index is -0.262. The van der Waals surface area contributed by atoms with E-state index in [0.717, 1.165) is 43.1 Å². The summed E-state index contributed by atoms with van der Waals surface area (Å²) < 4.78 is 5.37. The number of H-pyrrole nitrogens is 1. The zero-order valence-electron chi connectivity index (χ0n) is 13.0. The van der Waals surface area contributed by atoms with Crippen molar-refractivity contribution in [2.24, 2.45) is 0 Å². The van der Waals surface area contributed by atoms with Gasteiger partial charge in [0.2, 0.25) is 0 Å². The van der Waals surface area contributed by atoms with Gasteiger partial charge in [0.25, 0.3) is 5.56 Å². The number of ether oxygens (including phenoxy) is 1. The Morgan fingerprint density at radius 3 is 2.58 bits per heavy atom. The van der Waals surface area contributed by atoms with Crippen LogP contribution in [-0.2, 0) is 4.74 Å². The number of nitrogens with zero attached hydrogens (tertiary/aromatic N) is 2. The fraction of sp³-hybridized carbons (Fsp3) is 0.222. The molecule has 1 aromatic heterocycles. The minimum Gasteiger partial charge on any atom is -0.506 e. The van der Waals surface area contributed by atoms with Gasteiger partial charge in [0, 0.05) is 18.8 Å². The molecule has 2 heterocycles. The predicted octanol–water partition coefficient (Wildman–Crippen LogP) is 2.13. The molecule has 0 aliphatic carbocycles. The molecule has 0 unspecified atom stereocenters. The van der Waals surface area contributed by atoms with Crippen LogP contribution in [0.25, 0.3) is 22.0 Å². The molecule has 3 aromatic rings. The molecule has 122 valence electrons. The molecule has 1 aliphatic rings. The maximum Gasteiger partial charge on any atom is 0.258 e. The quantitative estimate of drug-likeness (QED) is 0.755. The van der Waals surface area contributed by atoms with Crippen LogP contribution in [0.4, 0.5) is 5.69 Å². The van der Waals surface area contributed by atoms with E-state index < -0.39 is 0 Å². The second-order valence-corrected chi connectivity index (χ2v) is 5.77. The SMILES string of the molecule is O=c1[nH]cnc2c(O)cc(-c3ccc(N4CCOCC4)cc3)cc12. The highest BCUT2D eigenvalue weighted by molar-refractivity contribution is 5.88. The maximum absolute atomic E-state index is 11.9. The number of benzene rings is 2. The summed E-state index contributed by atoms with van der Waals surface area (Å²) in [5.41, 5.74) is 2.92. The number of hydrogen-bond donors (Lipinski definition) is 2. The first-order valence-corrected chi connectivity index (χ1v) is 7.86. The molecule has 0 saturated carbocycles. The smallest absolute Gasteiger partial charge is 0.258 e. The van der Waals surface area contributed by atoms with Crippen LogP contribution in [0, 0.1) is 0 Å². The Morgan fingerprint density at radius 1 is 1.08 bits per heavy atom. The second kappa shape index (κ2) is 5.98. The predicted molar refractivity (Wildman–Crippen MR) is 92.5 cm³/mol. The number of aromatic amines is 1. The molecule has 1 aliphatic heterocycles. The van der Waals surface area contributed by atoms with Crippen molar-refractivity contribution in [2.45, 2.75) is 0 Å². The fourth-order valence-corrected chi connectivity index (χ4v) is 3.01. The van der Waals surface area contributed by atoms with Gasteiger partial charge in [-0.2, -0.15) is 0 Å². The highest BCUT2D eigenvalue weighted by Gasteiger charge is 2.12. The first-order valence-electron chi connectivity index (χ1n) is 7.86. The number of aromatic nitrogens is 2. The molecule has 0 radical (unpaired) electrons. The van der Waals surface area contributed by atoms with E-state index in [-0.39, 0.29) is 11.3 Å². The monoisotopic (exact) mass is 323 g/mol. The number of morpholine rings is 1. The van der Waals surface area contributed by atoms with Gasteiger partial charge in [0.1, 0.15) is 11.3 Å². The van der Waals surface area contributed by atoms with E-state index in [1.165, 1.54) is 6.33 Å². The Hall–Kier alpha value is -2.86. The van der Waals surface area contributed by atoms with Crippen LogP contribution in [0.2, 0.25) is 0 Å². The lowest BCUT2D eigenvalue weighted by atomic mass is 10.0. The first kappa shape index (κ1) is 14.7. The van der Waals surface area contributed by atoms with E-state index >= 15 is 0 Å². The van der Waals surface area contributed by atoms with E-state index in [4.69, 9.17) is 4.74 Å². The van der Waals surface area contributed by atoms with Crippen LogP contribution >= 0.6 is 0 Å². The van der Waals surface area contributed by atoms with Gasteiger partial charge in [-0.1, -0.05) is 12.1 Å². The van der Waals surface area contributed by atoms with Crippen LogP contribution in [-0.4, -0.2) is 41.4 Å². The summed E-state index contributed by atoms with van der Waals surface area (Å²) in [5, 5.41) is 10.5. The van der Waals surface area contributed by atoms with Crippen molar-refractivity contribution in [1.29, 1.82) is 0 Å². The zero-order chi connectivity index (χ0) is 16.5. The van der Waals surface area contributed by atoms with Gasteiger partial charge in [0.15, 0.2) is 0 Å². The molecule has 1 fully saturated rings. The van der Waals surface area contributed by atoms with Gasteiger partial charge < -0.3 is 19.7 Å². The molecular weight excluding hydrogens is 306 g/mol. The van der Waals surface area contributed by atoms with E-state index in [1.54, 1.807) is 12.1 Å². The summed E-state index contributed by atoms with van der Waals surface area (Å²) in [6, 6.07) is 11.5. The molecule has 0 spiro atoms. The Labute approximate surface area is 138 Å². The number of nitrogens with one attached hydrogen (secondary N) is 1. The molecule has 4 rings (SSSR count). The maximum atomic E-state index is 11.9. The largest absolute Gasteiger partial charge is 0.506 e. The molecule has 2 aromatic carbocycles. The van der Waals surface area contributed by atoms with E-state index in [9.17, 15) is 9.90 Å². The molecule has 2 N–H and O–H groups in total. The number of hydrogen-bond acceptors (Lipinski definition) is 5. The van der Waals surface area contributed by atoms with Crippen LogP contribution < -0.4 is 10.5 Å². The number of fused-ring (bicyclic) bond motifs is 1. The third-order valence-corrected chi connectivity index (χ3v) is 4.30. The molecule has 0 bridgehead atoms. The fourth-order valence-electron chi connectivity index (χ4n) is 3.01. The topological polar surface area (TPSA) is 78.5 Å². The molecule has 1 saturated heterocycles. The highest BCUT2D eigenvalue weighted by atomic mass is 16.5. The van der Waals surface area contributed by atoms with Crippen molar-refractivity contribution in [2.75, 3.05) is 31.2 Å². The van der Waals surface area contributed by atoms with Crippen molar-refractivity contribution in [3.05, 3.63) is 53.1 Å². The average molecular weight is 323 g/mol. The normalized spacial score (nSPS) is 14.9. The summed E-state index contributed by atoms with van der Waals surface area (Å²) in [6.45, 7) is 3.26. The van der Waals surface area contributed by atoms with Gasteiger partial charge in [-0.3, -0.25) is 4.79 Å². The number of phenolic OH excluding ortho intramolecular Hbond substituents is 1. The lowest BCUT2D eigenvalue weighted by Gasteiger charge is -2.28. The van der Waals surface area contributed by atoms with Crippen LogP contribution in [0.5, 0.6) is 5.75 Å². The summed E-state index contributed by atoms with van der Waals surface area (Å²) >= 11 is 0. The standard InChI is InChI=1S/C18H17N3O3/c22-16-10-13(9-15-17(16)19-11-20-18(15)23)12-1-3-14(4-2-12)21-5-7-24-8-6-21/h1-4,9-11,22H,5-8H2,(H,19,20,23). The molecule has 6 nitrogen and oxygen atoms in total. The van der Waals surface area contributed by atoms with E-state index in [0.29, 0.717) is 10.9 Å². The van der Waals surface area contributed by atoms with Crippen LogP contribution in [0.1, 0.15) is 0 Å². The number of aromatic hydroxyl groups is 1. The first-order chi connectivity index (χ1) is 11.7. The third-order valence-electron chi connectivity index (χ3n) is 4.30. The minimum absolute atomic E-state index is 0.00542. The molecule has 0 amide bonds. The van der Waals surface area contributed by atoms with Crippen molar-refractivity contribution in [1.82, 2.24) is 9.97 Å². The number of anilines is 1. The summed E-state index contributed by atoms with van der Waals surface area (Å²) in [6.07, 6.45) is 1.29. The lowest BCUT2D eigenvalue weighted by Crippen LogP contribution is -2.36. The van der Waals surface area contributed by atoms with Crippen molar-refractivity contribution in [3.63, 3.8) is 0 Å². The Bertz CT molecular complexity index is 928. The van der Waals surface area contributed by atoms with Gasteiger partial charge in [-0.15, -0.1) is 0 Å². The van der Waals surface area contributed by atoms with Gasteiger partial charge in [-0.25, -0.2) is 4.98 Å².